The van der Waals surface area contributed by atoms with Crippen LogP contribution in [-0.2, 0) is 17.7 Å². The van der Waals surface area contributed by atoms with E-state index in [1.807, 2.05) is 0 Å². The van der Waals surface area contributed by atoms with Gasteiger partial charge in [-0.3, -0.25) is 0 Å². The maximum absolute atomic E-state index is 4.96. The SMILES string of the molecule is COCCNCc1csc(CCN(C)C)n1. The highest BCUT2D eigenvalue weighted by Crippen LogP contribution is 2.10. The Morgan fingerprint density at radius 3 is 3.00 bits per heavy atom. The molecule has 0 spiro atoms. The van der Waals surface area contributed by atoms with Crippen LogP contribution in [0.4, 0.5) is 0 Å². The first kappa shape index (κ1) is 13.6. The first-order chi connectivity index (χ1) is 7.72. The molecule has 1 heterocycles. The predicted octanol–water partition coefficient (Wildman–Crippen LogP) is 0.983. The van der Waals surface area contributed by atoms with Crippen molar-refractivity contribution < 1.29 is 4.74 Å². The molecule has 4 nitrogen and oxygen atoms in total. The number of rotatable bonds is 8. The second kappa shape index (κ2) is 7.73. The van der Waals surface area contributed by atoms with E-state index >= 15 is 0 Å². The Morgan fingerprint density at radius 1 is 1.50 bits per heavy atom. The zero-order valence-corrected chi connectivity index (χ0v) is 11.1. The van der Waals surface area contributed by atoms with Gasteiger partial charge in [-0.05, 0) is 14.1 Å². The molecule has 0 aromatic carbocycles. The van der Waals surface area contributed by atoms with Crippen molar-refractivity contribution in [3.63, 3.8) is 0 Å². The van der Waals surface area contributed by atoms with Gasteiger partial charge in [-0.15, -0.1) is 11.3 Å². The number of nitrogens with one attached hydrogen (secondary N) is 1. The summed E-state index contributed by atoms with van der Waals surface area (Å²) in [4.78, 5) is 6.75. The third-order valence-electron chi connectivity index (χ3n) is 2.16. The molecule has 0 bridgehead atoms. The topological polar surface area (TPSA) is 37.4 Å². The Kier molecular flexibility index (Phi) is 6.56. The fourth-order valence-electron chi connectivity index (χ4n) is 1.25. The van der Waals surface area contributed by atoms with Gasteiger partial charge >= 0.3 is 0 Å². The van der Waals surface area contributed by atoms with Crippen molar-refractivity contribution in [3.05, 3.63) is 16.1 Å². The summed E-state index contributed by atoms with van der Waals surface area (Å²) in [6, 6.07) is 0. The van der Waals surface area contributed by atoms with Gasteiger partial charge in [-0.1, -0.05) is 0 Å². The number of ether oxygens (including phenoxy) is 1. The van der Waals surface area contributed by atoms with Crippen LogP contribution >= 0.6 is 11.3 Å². The Bertz CT molecular complexity index is 289. The van der Waals surface area contributed by atoms with Crippen LogP contribution in [0.1, 0.15) is 10.7 Å². The molecule has 1 aromatic rings. The van der Waals surface area contributed by atoms with Gasteiger partial charge in [0.2, 0.25) is 0 Å². The monoisotopic (exact) mass is 243 g/mol. The molecule has 5 heteroatoms. The largest absolute Gasteiger partial charge is 0.383 e. The van der Waals surface area contributed by atoms with Crippen molar-refractivity contribution in [2.45, 2.75) is 13.0 Å². The lowest BCUT2D eigenvalue weighted by atomic mass is 10.4. The van der Waals surface area contributed by atoms with Crippen molar-refractivity contribution in [2.24, 2.45) is 0 Å². The van der Waals surface area contributed by atoms with E-state index in [2.05, 4.69) is 34.7 Å². The van der Waals surface area contributed by atoms with E-state index in [0.29, 0.717) is 0 Å². The summed E-state index contributed by atoms with van der Waals surface area (Å²) in [7, 11) is 5.88. The van der Waals surface area contributed by atoms with Crippen LogP contribution in [0.5, 0.6) is 0 Å². The number of aromatic nitrogens is 1. The smallest absolute Gasteiger partial charge is 0.0941 e. The van der Waals surface area contributed by atoms with Crippen molar-refractivity contribution in [1.29, 1.82) is 0 Å². The second-order valence-electron chi connectivity index (χ2n) is 3.96. The minimum atomic E-state index is 0.748. The number of thiazole rings is 1. The molecule has 0 aliphatic heterocycles. The fourth-order valence-corrected chi connectivity index (χ4v) is 2.04. The molecule has 0 atom stereocenters. The molecular formula is C11H21N3OS. The molecule has 0 amide bonds. The van der Waals surface area contributed by atoms with Crippen LogP contribution < -0.4 is 5.32 Å². The maximum Gasteiger partial charge on any atom is 0.0941 e. The summed E-state index contributed by atoms with van der Waals surface area (Å²) in [5.74, 6) is 0. The van der Waals surface area contributed by atoms with Crippen LogP contribution in [0, 0.1) is 0 Å². The number of hydrogen-bond donors (Lipinski definition) is 1. The van der Waals surface area contributed by atoms with Crippen LogP contribution in [0.2, 0.25) is 0 Å². The van der Waals surface area contributed by atoms with Gasteiger partial charge in [0.15, 0.2) is 0 Å². The third kappa shape index (κ3) is 5.55. The average molecular weight is 243 g/mol. The summed E-state index contributed by atoms with van der Waals surface area (Å²) in [5, 5.41) is 6.64. The molecule has 0 aliphatic rings. The Hall–Kier alpha value is -0.490. The molecule has 1 N–H and O–H groups in total. The van der Waals surface area contributed by atoms with Crippen molar-refractivity contribution in [1.82, 2.24) is 15.2 Å². The Labute approximate surface area is 102 Å². The first-order valence-electron chi connectivity index (χ1n) is 5.50. The van der Waals surface area contributed by atoms with Crippen molar-refractivity contribution >= 4 is 11.3 Å². The molecule has 1 aromatic heterocycles. The molecule has 0 radical (unpaired) electrons. The molecule has 0 fully saturated rings. The van der Waals surface area contributed by atoms with E-state index in [0.717, 1.165) is 38.4 Å². The predicted molar refractivity (Wildman–Crippen MR) is 68.0 cm³/mol. The normalized spacial score (nSPS) is 11.2. The standard InChI is InChI=1S/C11H21N3OS/c1-14(2)6-4-11-13-10(9-16-11)8-12-5-7-15-3/h9,12H,4-8H2,1-3H3. The van der Waals surface area contributed by atoms with E-state index in [-0.39, 0.29) is 0 Å². The summed E-state index contributed by atoms with van der Waals surface area (Å²) in [5.41, 5.74) is 1.13. The van der Waals surface area contributed by atoms with Gasteiger partial charge in [0.1, 0.15) is 0 Å². The molecule has 0 unspecified atom stereocenters. The van der Waals surface area contributed by atoms with Crippen LogP contribution in [0.25, 0.3) is 0 Å². The quantitative estimate of drug-likeness (QED) is 0.691. The molecule has 16 heavy (non-hydrogen) atoms. The van der Waals surface area contributed by atoms with Gasteiger partial charge in [0.05, 0.1) is 17.3 Å². The van der Waals surface area contributed by atoms with Gasteiger partial charge in [0, 0.05) is 38.5 Å². The molecular weight excluding hydrogens is 222 g/mol. The summed E-state index contributed by atoms with van der Waals surface area (Å²) in [6.45, 7) is 3.52. The van der Waals surface area contributed by atoms with Crippen LogP contribution in [-0.4, -0.2) is 50.8 Å². The number of methoxy groups -OCH3 is 1. The highest BCUT2D eigenvalue weighted by Gasteiger charge is 2.02. The van der Waals surface area contributed by atoms with Gasteiger partial charge in [-0.25, -0.2) is 4.98 Å². The van der Waals surface area contributed by atoms with Gasteiger partial charge in [-0.2, -0.15) is 0 Å². The van der Waals surface area contributed by atoms with Crippen LogP contribution in [0.15, 0.2) is 5.38 Å². The first-order valence-corrected chi connectivity index (χ1v) is 6.38. The third-order valence-corrected chi connectivity index (χ3v) is 3.12. The lowest BCUT2D eigenvalue weighted by Crippen LogP contribution is -2.19. The summed E-state index contributed by atoms with van der Waals surface area (Å²) < 4.78 is 4.96. The van der Waals surface area contributed by atoms with E-state index in [4.69, 9.17) is 4.74 Å². The molecule has 0 aliphatic carbocycles. The minimum absolute atomic E-state index is 0.748. The Balaban J connectivity index is 2.22. The fraction of sp³-hybridized carbons (Fsp3) is 0.727. The lowest BCUT2D eigenvalue weighted by molar-refractivity contribution is 0.199. The molecule has 92 valence electrons. The van der Waals surface area contributed by atoms with E-state index < -0.39 is 0 Å². The zero-order valence-electron chi connectivity index (χ0n) is 10.3. The van der Waals surface area contributed by atoms with E-state index in [9.17, 15) is 0 Å². The van der Waals surface area contributed by atoms with E-state index in [1.165, 1.54) is 5.01 Å². The molecule has 0 saturated heterocycles. The molecule has 1 rings (SSSR count). The van der Waals surface area contributed by atoms with Crippen LogP contribution in [0.3, 0.4) is 0 Å². The second-order valence-corrected chi connectivity index (χ2v) is 4.90. The Morgan fingerprint density at radius 2 is 2.31 bits per heavy atom. The number of likely N-dealkylation sites (N-methyl/N-ethyl adjacent to an activating group) is 1. The van der Waals surface area contributed by atoms with Crippen molar-refractivity contribution in [2.75, 3.05) is 40.9 Å². The lowest BCUT2D eigenvalue weighted by Gasteiger charge is -2.06. The number of nitrogens with zero attached hydrogens (tertiary/aromatic N) is 2. The minimum Gasteiger partial charge on any atom is -0.383 e. The highest BCUT2D eigenvalue weighted by molar-refractivity contribution is 7.09. The maximum atomic E-state index is 4.96. The highest BCUT2D eigenvalue weighted by atomic mass is 32.1. The summed E-state index contributed by atoms with van der Waals surface area (Å²) in [6.07, 6.45) is 1.04. The van der Waals surface area contributed by atoms with Gasteiger partial charge < -0.3 is 15.0 Å². The van der Waals surface area contributed by atoms with E-state index in [1.54, 1.807) is 18.4 Å². The number of hydrogen-bond acceptors (Lipinski definition) is 5. The summed E-state index contributed by atoms with van der Waals surface area (Å²) >= 11 is 1.75. The van der Waals surface area contributed by atoms with Gasteiger partial charge in [0.25, 0.3) is 0 Å². The molecule has 0 saturated carbocycles. The zero-order chi connectivity index (χ0) is 11.8. The average Bonchev–Trinajstić information content (AvgIpc) is 2.70. The van der Waals surface area contributed by atoms with Crippen molar-refractivity contribution in [3.8, 4) is 0 Å².